The minimum absolute atomic E-state index is 0.340. The van der Waals surface area contributed by atoms with Crippen LogP contribution < -0.4 is 0 Å². The zero-order chi connectivity index (χ0) is 18.5. The summed E-state index contributed by atoms with van der Waals surface area (Å²) in [6.07, 6.45) is 0.646. The van der Waals surface area contributed by atoms with Crippen LogP contribution in [-0.4, -0.2) is 33.6 Å². The molecule has 0 amide bonds. The minimum Gasteiger partial charge on any atom is -0.270 e. The predicted molar refractivity (Wildman–Crippen MR) is 102 cm³/mol. The lowest BCUT2D eigenvalue weighted by Crippen LogP contribution is -2.08. The van der Waals surface area contributed by atoms with Crippen molar-refractivity contribution >= 4 is 11.5 Å². The lowest BCUT2D eigenvalue weighted by atomic mass is 10.1. The number of amidine groups is 1. The highest BCUT2D eigenvalue weighted by Crippen LogP contribution is 2.17. The fourth-order valence-corrected chi connectivity index (χ4v) is 2.76. The first-order valence-electron chi connectivity index (χ1n) is 8.43. The van der Waals surface area contributed by atoms with Gasteiger partial charge in [0.25, 0.3) is 0 Å². The molecule has 0 atom stereocenters. The molecule has 0 aliphatic carbocycles. The normalized spacial score (nSPS) is 12.5. The van der Waals surface area contributed by atoms with E-state index in [2.05, 4.69) is 20.3 Å². The summed E-state index contributed by atoms with van der Waals surface area (Å²) in [4.78, 5) is 8.90. The molecule has 1 heterocycles. The fraction of sp³-hybridized carbons (Fsp3) is 0.200. The summed E-state index contributed by atoms with van der Waals surface area (Å²) in [6.45, 7) is 3.85. The van der Waals surface area contributed by atoms with Crippen LogP contribution in [0.1, 0.15) is 30.8 Å². The van der Waals surface area contributed by atoms with Crippen molar-refractivity contribution in [3.63, 3.8) is 0 Å². The van der Waals surface area contributed by atoms with Crippen LogP contribution in [0.5, 0.6) is 0 Å². The molecule has 0 aliphatic rings. The van der Waals surface area contributed by atoms with Crippen LogP contribution in [0.3, 0.4) is 0 Å². The van der Waals surface area contributed by atoms with E-state index in [1.165, 1.54) is 10.7 Å². The Hall–Kier alpha value is -3.15. The maximum Gasteiger partial charge on any atom is 0.154 e. The van der Waals surface area contributed by atoms with Gasteiger partial charge in [0.05, 0.1) is 11.4 Å². The third-order valence-corrected chi connectivity index (χ3v) is 4.04. The molecule has 0 saturated heterocycles. The molecule has 0 unspecified atom stereocenters. The molecule has 26 heavy (non-hydrogen) atoms. The Labute approximate surface area is 151 Å². The number of benzene rings is 2. The Morgan fingerprint density at radius 2 is 1.77 bits per heavy atom. The second-order valence-corrected chi connectivity index (χ2v) is 5.71. The SMILES string of the molecule is CCc1c(/C(C)=N/C(=N\C)c2ccccc2)nnn1-c1ccccc1F. The van der Waals surface area contributed by atoms with E-state index in [9.17, 15) is 4.39 Å². The molecule has 0 saturated carbocycles. The lowest BCUT2D eigenvalue weighted by Gasteiger charge is -2.07. The number of halogens is 1. The van der Waals surface area contributed by atoms with Crippen molar-refractivity contribution in [1.29, 1.82) is 0 Å². The van der Waals surface area contributed by atoms with Crippen molar-refractivity contribution in [2.45, 2.75) is 20.3 Å². The molecule has 0 aliphatic heterocycles. The van der Waals surface area contributed by atoms with Gasteiger partial charge in [-0.05, 0) is 25.5 Å². The van der Waals surface area contributed by atoms with Gasteiger partial charge in [-0.3, -0.25) is 4.99 Å². The summed E-state index contributed by atoms with van der Waals surface area (Å²) in [6, 6.07) is 16.3. The second kappa shape index (κ2) is 7.82. The molecule has 0 radical (unpaired) electrons. The molecule has 2 aromatic carbocycles. The predicted octanol–water partition coefficient (Wildman–Crippen LogP) is 3.85. The van der Waals surface area contributed by atoms with Gasteiger partial charge in [0.15, 0.2) is 5.84 Å². The van der Waals surface area contributed by atoms with Crippen LogP contribution in [-0.2, 0) is 6.42 Å². The quantitative estimate of drug-likeness (QED) is 0.530. The molecule has 3 rings (SSSR count). The topological polar surface area (TPSA) is 55.4 Å². The summed E-state index contributed by atoms with van der Waals surface area (Å²) < 4.78 is 15.7. The molecule has 1 aromatic heterocycles. The van der Waals surface area contributed by atoms with Crippen LogP contribution in [0.15, 0.2) is 64.6 Å². The Bertz CT molecular complexity index is 957. The first-order chi connectivity index (χ1) is 12.7. The standard InChI is InChI=1S/C20H20FN5/c1-4-17-19(24-25-26(17)18-13-9-8-12-16(18)21)14(2)23-20(22-3)15-10-6-5-7-11-15/h5-13H,4H2,1-3H3/b22-20-,23-14+. The van der Waals surface area contributed by atoms with E-state index in [4.69, 9.17) is 0 Å². The van der Waals surface area contributed by atoms with Gasteiger partial charge < -0.3 is 0 Å². The number of rotatable bonds is 4. The lowest BCUT2D eigenvalue weighted by molar-refractivity contribution is 0.603. The molecule has 0 bridgehead atoms. The number of hydrogen-bond acceptors (Lipinski definition) is 3. The monoisotopic (exact) mass is 349 g/mol. The zero-order valence-corrected chi connectivity index (χ0v) is 15.0. The maximum absolute atomic E-state index is 14.2. The maximum atomic E-state index is 14.2. The first-order valence-corrected chi connectivity index (χ1v) is 8.43. The van der Waals surface area contributed by atoms with Gasteiger partial charge in [-0.15, -0.1) is 5.10 Å². The van der Waals surface area contributed by atoms with Gasteiger partial charge >= 0.3 is 0 Å². The minimum atomic E-state index is -0.340. The van der Waals surface area contributed by atoms with Crippen molar-refractivity contribution in [2.75, 3.05) is 7.05 Å². The Kier molecular flexibility index (Phi) is 5.31. The molecule has 3 aromatic rings. The zero-order valence-electron chi connectivity index (χ0n) is 15.0. The number of aliphatic imine (C=N–C) groups is 2. The Balaban J connectivity index is 2.03. The summed E-state index contributed by atoms with van der Waals surface area (Å²) in [5.74, 6) is 0.277. The van der Waals surface area contributed by atoms with Crippen LogP contribution in [0.4, 0.5) is 4.39 Å². The van der Waals surface area contributed by atoms with E-state index in [0.29, 0.717) is 29.3 Å². The van der Waals surface area contributed by atoms with Gasteiger partial charge in [-0.25, -0.2) is 14.1 Å². The fourth-order valence-electron chi connectivity index (χ4n) is 2.76. The van der Waals surface area contributed by atoms with Gasteiger partial charge in [0.1, 0.15) is 17.2 Å². The second-order valence-electron chi connectivity index (χ2n) is 5.71. The van der Waals surface area contributed by atoms with Crippen molar-refractivity contribution in [1.82, 2.24) is 15.0 Å². The van der Waals surface area contributed by atoms with Gasteiger partial charge in [-0.1, -0.05) is 54.6 Å². The Morgan fingerprint density at radius 1 is 1.08 bits per heavy atom. The average molecular weight is 349 g/mol. The van der Waals surface area contributed by atoms with Gasteiger partial charge in [0.2, 0.25) is 0 Å². The van der Waals surface area contributed by atoms with E-state index in [1.54, 1.807) is 25.2 Å². The van der Waals surface area contributed by atoms with Gasteiger partial charge in [-0.2, -0.15) is 0 Å². The highest BCUT2D eigenvalue weighted by Gasteiger charge is 2.17. The largest absolute Gasteiger partial charge is 0.270 e. The molecule has 5 nitrogen and oxygen atoms in total. The molecule has 0 spiro atoms. The van der Waals surface area contributed by atoms with Crippen LogP contribution in [0, 0.1) is 5.82 Å². The van der Waals surface area contributed by atoms with E-state index >= 15 is 0 Å². The number of para-hydroxylation sites is 1. The number of hydrogen-bond donors (Lipinski definition) is 0. The first kappa shape index (κ1) is 17.7. The van der Waals surface area contributed by atoms with Crippen molar-refractivity contribution < 1.29 is 4.39 Å². The highest BCUT2D eigenvalue weighted by atomic mass is 19.1. The average Bonchev–Trinajstić information content (AvgIpc) is 3.11. The van der Waals surface area contributed by atoms with Crippen molar-refractivity contribution in [3.05, 3.63) is 77.4 Å². The number of aromatic nitrogens is 3. The highest BCUT2D eigenvalue weighted by molar-refractivity contribution is 6.11. The van der Waals surface area contributed by atoms with E-state index in [1.807, 2.05) is 44.2 Å². The number of nitrogens with zero attached hydrogens (tertiary/aromatic N) is 5. The van der Waals surface area contributed by atoms with E-state index < -0.39 is 0 Å². The van der Waals surface area contributed by atoms with Crippen LogP contribution in [0.25, 0.3) is 5.69 Å². The third kappa shape index (κ3) is 3.44. The smallest absolute Gasteiger partial charge is 0.154 e. The van der Waals surface area contributed by atoms with Crippen molar-refractivity contribution in [2.24, 2.45) is 9.98 Å². The summed E-state index contributed by atoms with van der Waals surface area (Å²) in [5.41, 5.74) is 3.44. The molecule has 0 fully saturated rings. The van der Waals surface area contributed by atoms with Crippen LogP contribution >= 0.6 is 0 Å². The summed E-state index contributed by atoms with van der Waals surface area (Å²) >= 11 is 0. The van der Waals surface area contributed by atoms with Crippen molar-refractivity contribution in [3.8, 4) is 5.69 Å². The molecular formula is C20H20FN5. The van der Waals surface area contributed by atoms with Gasteiger partial charge in [0, 0.05) is 12.6 Å². The Morgan fingerprint density at radius 3 is 2.42 bits per heavy atom. The molecule has 6 heteroatoms. The van der Waals surface area contributed by atoms with E-state index in [-0.39, 0.29) is 5.82 Å². The van der Waals surface area contributed by atoms with E-state index in [0.717, 1.165) is 11.3 Å². The third-order valence-electron chi connectivity index (χ3n) is 4.04. The molecular weight excluding hydrogens is 329 g/mol. The summed E-state index contributed by atoms with van der Waals surface area (Å²) in [5, 5.41) is 8.40. The summed E-state index contributed by atoms with van der Waals surface area (Å²) in [7, 11) is 1.70. The van der Waals surface area contributed by atoms with Crippen LogP contribution in [0.2, 0.25) is 0 Å². The molecule has 0 N–H and O–H groups in total. The molecule has 132 valence electrons.